The number of benzene rings is 2. The molecule has 0 aliphatic carbocycles. The van der Waals surface area contributed by atoms with E-state index < -0.39 is 5.91 Å². The molecule has 128 valence electrons. The van der Waals surface area contributed by atoms with Crippen molar-refractivity contribution in [2.45, 2.75) is 19.8 Å². The molecule has 0 fully saturated rings. The fraction of sp³-hybridized carbons (Fsp3) is 0.158. The summed E-state index contributed by atoms with van der Waals surface area (Å²) in [6.45, 7) is 1.81. The molecule has 0 aliphatic heterocycles. The van der Waals surface area contributed by atoms with Crippen LogP contribution in [-0.2, 0) is 11.2 Å². The summed E-state index contributed by atoms with van der Waals surface area (Å²) in [7, 11) is 0. The predicted octanol–water partition coefficient (Wildman–Crippen LogP) is 3.79. The molecule has 3 aromatic rings. The Morgan fingerprint density at radius 1 is 1.04 bits per heavy atom. The average Bonchev–Trinajstić information content (AvgIpc) is 2.96. The Bertz CT molecular complexity index is 916. The molecule has 25 heavy (non-hydrogen) atoms. The first-order valence-corrected chi connectivity index (χ1v) is 8.24. The smallest absolute Gasteiger partial charge is 0.305 e. The zero-order valence-corrected chi connectivity index (χ0v) is 14.4. The van der Waals surface area contributed by atoms with E-state index in [4.69, 9.17) is 16.0 Å². The minimum atomic E-state index is -0.478. The molecule has 2 aromatic carbocycles. The quantitative estimate of drug-likeness (QED) is 0.699. The average molecular weight is 357 g/mol. The van der Waals surface area contributed by atoms with E-state index in [0.29, 0.717) is 17.0 Å². The predicted molar refractivity (Wildman–Crippen MR) is 96.3 cm³/mol. The fourth-order valence-electron chi connectivity index (χ4n) is 2.55. The molecule has 0 saturated carbocycles. The van der Waals surface area contributed by atoms with Crippen LogP contribution in [0.4, 0.5) is 0 Å². The third-order valence-electron chi connectivity index (χ3n) is 3.92. The van der Waals surface area contributed by atoms with Crippen LogP contribution in [0.5, 0.6) is 0 Å². The Morgan fingerprint density at radius 3 is 2.48 bits per heavy atom. The third-order valence-corrected chi connectivity index (χ3v) is 4.17. The summed E-state index contributed by atoms with van der Waals surface area (Å²) >= 11 is 5.82. The summed E-state index contributed by atoms with van der Waals surface area (Å²) < 4.78 is 5.56. The van der Waals surface area contributed by atoms with Gasteiger partial charge in [0.1, 0.15) is 5.58 Å². The Morgan fingerprint density at radius 2 is 1.76 bits per heavy atom. The molecular weight excluding hydrogens is 340 g/mol. The van der Waals surface area contributed by atoms with Crippen LogP contribution in [0, 0.1) is 6.92 Å². The van der Waals surface area contributed by atoms with Crippen LogP contribution in [-0.4, -0.2) is 11.8 Å². The SMILES string of the molecule is Cc1c(C(=O)NNC(=O)CCc2ccc(Cl)cc2)oc2ccccc12. The molecule has 0 atom stereocenters. The lowest BCUT2D eigenvalue weighted by Gasteiger charge is -2.06. The minimum Gasteiger partial charge on any atom is -0.451 e. The highest BCUT2D eigenvalue weighted by atomic mass is 35.5. The molecule has 0 unspecified atom stereocenters. The lowest BCUT2D eigenvalue weighted by atomic mass is 10.1. The van der Waals surface area contributed by atoms with Crippen LogP contribution in [0.25, 0.3) is 11.0 Å². The van der Waals surface area contributed by atoms with Crippen molar-refractivity contribution in [3.63, 3.8) is 0 Å². The van der Waals surface area contributed by atoms with Crippen molar-refractivity contribution in [3.05, 3.63) is 70.4 Å². The van der Waals surface area contributed by atoms with Crippen LogP contribution in [0.3, 0.4) is 0 Å². The second kappa shape index (κ2) is 7.40. The van der Waals surface area contributed by atoms with Crippen molar-refractivity contribution in [3.8, 4) is 0 Å². The van der Waals surface area contributed by atoms with Crippen molar-refractivity contribution in [1.82, 2.24) is 10.9 Å². The van der Waals surface area contributed by atoms with E-state index in [2.05, 4.69) is 10.9 Å². The fourth-order valence-corrected chi connectivity index (χ4v) is 2.67. The van der Waals surface area contributed by atoms with Gasteiger partial charge in [-0.1, -0.05) is 41.9 Å². The molecule has 5 nitrogen and oxygen atoms in total. The van der Waals surface area contributed by atoms with Gasteiger partial charge in [0.25, 0.3) is 0 Å². The maximum atomic E-state index is 12.2. The van der Waals surface area contributed by atoms with Gasteiger partial charge in [0.15, 0.2) is 5.76 Å². The van der Waals surface area contributed by atoms with Gasteiger partial charge in [0, 0.05) is 22.4 Å². The van der Waals surface area contributed by atoms with Crippen molar-refractivity contribution in [2.75, 3.05) is 0 Å². The first-order chi connectivity index (χ1) is 12.0. The molecule has 1 aromatic heterocycles. The van der Waals surface area contributed by atoms with E-state index in [1.165, 1.54) is 0 Å². The van der Waals surface area contributed by atoms with Gasteiger partial charge in [-0.3, -0.25) is 20.4 Å². The van der Waals surface area contributed by atoms with Crippen molar-refractivity contribution in [1.29, 1.82) is 0 Å². The Labute approximate surface area is 149 Å². The zero-order valence-electron chi connectivity index (χ0n) is 13.6. The normalized spacial score (nSPS) is 10.6. The summed E-state index contributed by atoms with van der Waals surface area (Å²) in [5.41, 5.74) is 7.18. The molecule has 0 spiro atoms. The monoisotopic (exact) mass is 356 g/mol. The molecule has 6 heteroatoms. The number of hydrogen-bond donors (Lipinski definition) is 2. The summed E-state index contributed by atoms with van der Waals surface area (Å²) in [5.74, 6) is -0.565. The lowest BCUT2D eigenvalue weighted by Crippen LogP contribution is -2.41. The summed E-state index contributed by atoms with van der Waals surface area (Å²) in [6.07, 6.45) is 0.809. The number of furan rings is 1. The van der Waals surface area contributed by atoms with Crippen molar-refractivity contribution in [2.24, 2.45) is 0 Å². The molecule has 0 saturated heterocycles. The number of rotatable bonds is 4. The van der Waals surface area contributed by atoms with Crippen LogP contribution < -0.4 is 10.9 Å². The number of nitrogens with one attached hydrogen (secondary N) is 2. The number of halogens is 1. The van der Waals surface area contributed by atoms with Crippen LogP contribution in [0.1, 0.15) is 28.1 Å². The highest BCUT2D eigenvalue weighted by molar-refractivity contribution is 6.30. The molecule has 1 heterocycles. The lowest BCUT2D eigenvalue weighted by molar-refractivity contribution is -0.121. The maximum Gasteiger partial charge on any atom is 0.305 e. The van der Waals surface area contributed by atoms with Crippen LogP contribution in [0.2, 0.25) is 5.02 Å². The number of aryl methyl sites for hydroxylation is 2. The van der Waals surface area contributed by atoms with E-state index >= 15 is 0 Å². The summed E-state index contributed by atoms with van der Waals surface area (Å²) in [5, 5.41) is 1.53. The minimum absolute atomic E-state index is 0.194. The molecule has 0 aliphatic rings. The number of amides is 2. The number of hydrogen-bond acceptors (Lipinski definition) is 3. The topological polar surface area (TPSA) is 71.3 Å². The van der Waals surface area contributed by atoms with Gasteiger partial charge in [-0.05, 0) is 37.1 Å². The van der Waals surface area contributed by atoms with E-state index in [-0.39, 0.29) is 18.1 Å². The standard InChI is InChI=1S/C19H17ClN2O3/c1-12-15-4-2-3-5-16(15)25-18(12)19(24)22-21-17(23)11-8-13-6-9-14(20)10-7-13/h2-7,9-10H,8,11H2,1H3,(H,21,23)(H,22,24). The molecule has 2 N–H and O–H groups in total. The van der Waals surface area contributed by atoms with Gasteiger partial charge < -0.3 is 4.42 Å². The first kappa shape index (κ1) is 17.0. The maximum absolute atomic E-state index is 12.2. The van der Waals surface area contributed by atoms with Crippen LogP contribution >= 0.6 is 11.6 Å². The molecular formula is C19H17ClN2O3. The first-order valence-electron chi connectivity index (χ1n) is 7.86. The van der Waals surface area contributed by atoms with Crippen LogP contribution in [0.15, 0.2) is 52.9 Å². The highest BCUT2D eigenvalue weighted by Crippen LogP contribution is 2.24. The van der Waals surface area contributed by atoms with E-state index in [1.54, 1.807) is 18.2 Å². The molecule has 0 radical (unpaired) electrons. The van der Waals surface area contributed by atoms with Gasteiger partial charge >= 0.3 is 5.91 Å². The molecule has 0 bridgehead atoms. The number of carbonyl (C=O) groups excluding carboxylic acids is 2. The Hall–Kier alpha value is -2.79. The van der Waals surface area contributed by atoms with Gasteiger partial charge in [-0.2, -0.15) is 0 Å². The second-order valence-corrected chi connectivity index (χ2v) is 6.12. The number of carbonyl (C=O) groups is 2. The summed E-state index contributed by atoms with van der Waals surface area (Å²) in [6, 6.07) is 14.7. The van der Waals surface area contributed by atoms with Gasteiger partial charge in [-0.25, -0.2) is 0 Å². The van der Waals surface area contributed by atoms with Crippen molar-refractivity contribution >= 4 is 34.4 Å². The van der Waals surface area contributed by atoms with Crippen molar-refractivity contribution < 1.29 is 14.0 Å². The number of para-hydroxylation sites is 1. The highest BCUT2D eigenvalue weighted by Gasteiger charge is 2.17. The largest absolute Gasteiger partial charge is 0.451 e. The van der Waals surface area contributed by atoms with Gasteiger partial charge in [0.05, 0.1) is 0 Å². The van der Waals surface area contributed by atoms with Gasteiger partial charge in [0.2, 0.25) is 5.91 Å². The summed E-state index contributed by atoms with van der Waals surface area (Å²) in [4.78, 5) is 24.1. The number of fused-ring (bicyclic) bond motifs is 1. The molecule has 3 rings (SSSR count). The zero-order chi connectivity index (χ0) is 17.8. The Kier molecular flexibility index (Phi) is 5.05. The number of hydrazine groups is 1. The third kappa shape index (κ3) is 4.00. The second-order valence-electron chi connectivity index (χ2n) is 5.68. The Balaban J connectivity index is 1.55. The van der Waals surface area contributed by atoms with Gasteiger partial charge in [-0.15, -0.1) is 0 Å². The van der Waals surface area contributed by atoms with E-state index in [1.807, 2.05) is 37.3 Å². The molecule has 2 amide bonds. The van der Waals surface area contributed by atoms with E-state index in [0.717, 1.165) is 16.5 Å². The van der Waals surface area contributed by atoms with E-state index in [9.17, 15) is 9.59 Å².